The number of hydrogen-bond acceptors (Lipinski definition) is 3. The molecule has 0 aliphatic carbocycles. The van der Waals surface area contributed by atoms with E-state index >= 15 is 0 Å². The van der Waals surface area contributed by atoms with Crippen molar-refractivity contribution >= 4 is 18.2 Å². The SMILES string of the molecule is O=C/C(=C/C(=O)O)C(=O)O. The zero-order valence-electron chi connectivity index (χ0n) is 4.77. The number of rotatable bonds is 3. The molecule has 10 heavy (non-hydrogen) atoms. The van der Waals surface area contributed by atoms with E-state index in [1.165, 1.54) is 0 Å². The van der Waals surface area contributed by atoms with E-state index in [0.717, 1.165) is 0 Å². The molecule has 0 saturated carbocycles. The van der Waals surface area contributed by atoms with E-state index in [0.29, 0.717) is 6.08 Å². The number of hydrogen-bond donors (Lipinski definition) is 2. The maximum absolute atomic E-state index is 9.90. The minimum atomic E-state index is -1.54. The lowest BCUT2D eigenvalue weighted by atomic mass is 10.3. The predicted octanol–water partition coefficient (Wildman–Crippen LogP) is -0.719. The van der Waals surface area contributed by atoms with Crippen LogP contribution in [0.25, 0.3) is 0 Å². The molecule has 0 bridgehead atoms. The van der Waals surface area contributed by atoms with Crippen molar-refractivity contribution in [3.8, 4) is 0 Å². The Morgan fingerprint density at radius 1 is 1.20 bits per heavy atom. The third-order valence-electron chi connectivity index (χ3n) is 0.653. The fourth-order valence-corrected chi connectivity index (χ4v) is 0.279. The lowest BCUT2D eigenvalue weighted by molar-refractivity contribution is -0.135. The third-order valence-corrected chi connectivity index (χ3v) is 0.653. The molecule has 0 saturated heterocycles. The number of carboxylic acid groups (broad SMARTS) is 2. The second-order valence-corrected chi connectivity index (χ2v) is 1.36. The maximum atomic E-state index is 9.90. The molecule has 0 aliphatic rings. The van der Waals surface area contributed by atoms with Gasteiger partial charge in [0.2, 0.25) is 0 Å². The molecule has 0 aromatic heterocycles. The Labute approximate surface area is 55.6 Å². The van der Waals surface area contributed by atoms with Gasteiger partial charge in [0.25, 0.3) is 0 Å². The summed E-state index contributed by atoms with van der Waals surface area (Å²) >= 11 is 0. The smallest absolute Gasteiger partial charge is 0.339 e. The second kappa shape index (κ2) is 3.39. The van der Waals surface area contributed by atoms with Crippen molar-refractivity contribution in [3.05, 3.63) is 11.6 Å². The molecule has 0 fully saturated rings. The molecule has 54 valence electrons. The monoisotopic (exact) mass is 144 g/mol. The average molecular weight is 144 g/mol. The lowest BCUT2D eigenvalue weighted by Gasteiger charge is -1.85. The Bertz CT molecular complexity index is 202. The molecule has 5 nitrogen and oxygen atoms in total. The zero-order chi connectivity index (χ0) is 8.15. The van der Waals surface area contributed by atoms with Crippen molar-refractivity contribution in [1.29, 1.82) is 0 Å². The molecular formula is C5H4O5. The molecule has 0 heterocycles. The Kier molecular flexibility index (Phi) is 2.83. The van der Waals surface area contributed by atoms with Crippen LogP contribution in [0.5, 0.6) is 0 Å². The van der Waals surface area contributed by atoms with Gasteiger partial charge >= 0.3 is 11.9 Å². The maximum Gasteiger partial charge on any atom is 0.339 e. The number of aldehydes is 1. The van der Waals surface area contributed by atoms with Crippen LogP contribution in [-0.4, -0.2) is 28.4 Å². The summed E-state index contributed by atoms with van der Waals surface area (Å²) in [5.74, 6) is -3.00. The van der Waals surface area contributed by atoms with Gasteiger partial charge in [-0.05, 0) is 0 Å². The van der Waals surface area contributed by atoms with Crippen molar-refractivity contribution in [2.75, 3.05) is 0 Å². The molecule has 0 spiro atoms. The van der Waals surface area contributed by atoms with Gasteiger partial charge in [-0.15, -0.1) is 0 Å². The van der Waals surface area contributed by atoms with Crippen molar-refractivity contribution < 1.29 is 24.6 Å². The number of aliphatic carboxylic acids is 2. The molecule has 5 heteroatoms. The number of carbonyl (C=O) groups is 3. The summed E-state index contributed by atoms with van der Waals surface area (Å²) in [5, 5.41) is 16.0. The van der Waals surface area contributed by atoms with Crippen molar-refractivity contribution in [2.24, 2.45) is 0 Å². The Hall–Kier alpha value is -1.65. The first-order valence-electron chi connectivity index (χ1n) is 2.21. The van der Waals surface area contributed by atoms with Crippen LogP contribution in [-0.2, 0) is 14.4 Å². The molecule has 0 aromatic rings. The van der Waals surface area contributed by atoms with Gasteiger partial charge in [-0.25, -0.2) is 9.59 Å². The molecular weight excluding hydrogens is 140 g/mol. The summed E-state index contributed by atoms with van der Waals surface area (Å²) in [6, 6.07) is 0. The number of carbonyl (C=O) groups excluding carboxylic acids is 1. The first-order chi connectivity index (χ1) is 4.57. The van der Waals surface area contributed by atoms with Crippen LogP contribution in [0.15, 0.2) is 11.6 Å². The van der Waals surface area contributed by atoms with Crippen LogP contribution in [0.3, 0.4) is 0 Å². The van der Waals surface area contributed by atoms with E-state index in [1.807, 2.05) is 0 Å². The highest BCUT2D eigenvalue weighted by atomic mass is 16.4. The average Bonchev–Trinajstić information content (AvgIpc) is 1.81. The van der Waals surface area contributed by atoms with Crippen molar-refractivity contribution in [1.82, 2.24) is 0 Å². The predicted molar refractivity (Wildman–Crippen MR) is 29.4 cm³/mol. The van der Waals surface area contributed by atoms with Crippen LogP contribution in [0.4, 0.5) is 0 Å². The van der Waals surface area contributed by atoms with E-state index in [4.69, 9.17) is 10.2 Å². The molecule has 0 rings (SSSR count). The lowest BCUT2D eigenvalue weighted by Crippen LogP contribution is -2.04. The Morgan fingerprint density at radius 3 is 1.80 bits per heavy atom. The van der Waals surface area contributed by atoms with Crippen molar-refractivity contribution in [3.63, 3.8) is 0 Å². The number of carboxylic acids is 2. The molecule has 0 unspecified atom stereocenters. The van der Waals surface area contributed by atoms with Gasteiger partial charge in [-0.1, -0.05) is 0 Å². The summed E-state index contributed by atoms with van der Waals surface area (Å²) in [5.41, 5.74) is -0.771. The summed E-state index contributed by atoms with van der Waals surface area (Å²) in [7, 11) is 0. The summed E-state index contributed by atoms with van der Waals surface area (Å²) in [6.07, 6.45) is 0.297. The van der Waals surface area contributed by atoms with E-state index < -0.39 is 17.5 Å². The van der Waals surface area contributed by atoms with E-state index in [1.54, 1.807) is 0 Å². The van der Waals surface area contributed by atoms with Gasteiger partial charge in [0, 0.05) is 6.08 Å². The Balaban J connectivity index is 4.49. The quantitative estimate of drug-likeness (QED) is 0.236. The zero-order valence-corrected chi connectivity index (χ0v) is 4.77. The summed E-state index contributed by atoms with van der Waals surface area (Å²) in [6.45, 7) is 0. The molecule has 0 amide bonds. The van der Waals surface area contributed by atoms with Crippen LogP contribution in [0.2, 0.25) is 0 Å². The standard InChI is InChI=1S/C5H4O5/c6-2-3(5(9)10)1-4(7)8/h1-2H,(H,7,8)(H,9,10)/b3-1-. The summed E-state index contributed by atoms with van der Waals surface area (Å²) < 4.78 is 0. The van der Waals surface area contributed by atoms with Gasteiger partial charge in [0.1, 0.15) is 5.57 Å². The normalized spacial score (nSPS) is 10.6. The highest BCUT2D eigenvalue weighted by Gasteiger charge is 2.06. The van der Waals surface area contributed by atoms with Gasteiger partial charge in [-0.2, -0.15) is 0 Å². The van der Waals surface area contributed by atoms with Crippen LogP contribution < -0.4 is 0 Å². The second-order valence-electron chi connectivity index (χ2n) is 1.36. The van der Waals surface area contributed by atoms with E-state index in [9.17, 15) is 14.4 Å². The van der Waals surface area contributed by atoms with Crippen molar-refractivity contribution in [2.45, 2.75) is 0 Å². The molecule has 0 aliphatic heterocycles. The molecule has 0 aromatic carbocycles. The Morgan fingerprint density at radius 2 is 1.70 bits per heavy atom. The fourth-order valence-electron chi connectivity index (χ4n) is 0.279. The highest BCUT2D eigenvalue weighted by molar-refractivity contribution is 6.10. The van der Waals surface area contributed by atoms with Crippen LogP contribution >= 0.6 is 0 Å². The minimum absolute atomic E-state index is 0.0313. The van der Waals surface area contributed by atoms with Gasteiger partial charge in [0.15, 0.2) is 6.29 Å². The topological polar surface area (TPSA) is 91.7 Å². The largest absolute Gasteiger partial charge is 0.478 e. The van der Waals surface area contributed by atoms with Gasteiger partial charge in [0.05, 0.1) is 0 Å². The van der Waals surface area contributed by atoms with E-state index in [-0.39, 0.29) is 6.29 Å². The highest BCUT2D eigenvalue weighted by Crippen LogP contribution is 1.87. The van der Waals surface area contributed by atoms with Gasteiger partial charge in [-0.3, -0.25) is 4.79 Å². The molecule has 2 N–H and O–H groups in total. The van der Waals surface area contributed by atoms with Gasteiger partial charge < -0.3 is 10.2 Å². The van der Waals surface area contributed by atoms with E-state index in [2.05, 4.69) is 0 Å². The third kappa shape index (κ3) is 2.61. The first kappa shape index (κ1) is 8.35. The fraction of sp³-hybridized carbons (Fsp3) is 0. The van der Waals surface area contributed by atoms with Crippen LogP contribution in [0.1, 0.15) is 0 Å². The molecule has 0 radical (unpaired) electrons. The minimum Gasteiger partial charge on any atom is -0.478 e. The molecule has 0 atom stereocenters. The van der Waals surface area contributed by atoms with Crippen LogP contribution in [0, 0.1) is 0 Å². The summed E-state index contributed by atoms with van der Waals surface area (Å²) in [4.78, 5) is 29.4. The first-order valence-corrected chi connectivity index (χ1v) is 2.21.